The number of nitrogens with zero attached hydrogens (tertiary/aromatic N) is 4. The molecule has 1 unspecified atom stereocenters. The fourth-order valence-electron chi connectivity index (χ4n) is 3.83. The zero-order valence-corrected chi connectivity index (χ0v) is 15.9. The van der Waals surface area contributed by atoms with Crippen molar-refractivity contribution in [3.63, 3.8) is 0 Å². The highest BCUT2D eigenvalue weighted by molar-refractivity contribution is 5.88. The number of benzene rings is 1. The van der Waals surface area contributed by atoms with Gasteiger partial charge in [-0.3, -0.25) is 10.2 Å². The van der Waals surface area contributed by atoms with Crippen LogP contribution in [0.5, 0.6) is 0 Å². The Balaban J connectivity index is 1.30. The third-order valence-corrected chi connectivity index (χ3v) is 5.39. The van der Waals surface area contributed by atoms with Gasteiger partial charge in [-0.1, -0.05) is 12.1 Å². The summed E-state index contributed by atoms with van der Waals surface area (Å²) in [5.41, 5.74) is 0.923. The Morgan fingerprint density at radius 2 is 1.96 bits per heavy atom. The summed E-state index contributed by atoms with van der Waals surface area (Å²) in [6, 6.07) is 7.98. The summed E-state index contributed by atoms with van der Waals surface area (Å²) in [5.74, 6) is 0.886. The average Bonchev–Trinajstić information content (AvgIpc) is 3.34. The number of morpholine rings is 1. The Morgan fingerprint density at radius 3 is 2.75 bits per heavy atom. The maximum absolute atomic E-state index is 13.1. The van der Waals surface area contributed by atoms with Crippen LogP contribution in [-0.4, -0.2) is 71.5 Å². The van der Waals surface area contributed by atoms with Crippen LogP contribution in [0.15, 0.2) is 36.5 Å². The molecular formula is C20H26FN5O2. The number of amides is 2. The lowest BCUT2D eigenvalue weighted by molar-refractivity contribution is 0.0314. The van der Waals surface area contributed by atoms with E-state index in [1.807, 2.05) is 4.90 Å². The van der Waals surface area contributed by atoms with E-state index in [0.29, 0.717) is 18.3 Å². The van der Waals surface area contributed by atoms with E-state index in [4.69, 9.17) is 4.74 Å². The second kappa shape index (κ2) is 8.70. The minimum Gasteiger partial charge on any atom is -0.379 e. The highest BCUT2D eigenvalue weighted by Crippen LogP contribution is 2.20. The molecule has 2 amide bonds. The average molecular weight is 387 g/mol. The molecule has 1 N–H and O–H groups in total. The van der Waals surface area contributed by atoms with Crippen molar-refractivity contribution in [2.24, 2.45) is 5.92 Å². The second-order valence-corrected chi connectivity index (χ2v) is 7.44. The van der Waals surface area contributed by atoms with Crippen LogP contribution in [0.3, 0.4) is 0 Å². The van der Waals surface area contributed by atoms with Crippen molar-refractivity contribution < 1.29 is 13.9 Å². The lowest BCUT2D eigenvalue weighted by Gasteiger charge is -2.29. The van der Waals surface area contributed by atoms with Crippen molar-refractivity contribution in [3.05, 3.63) is 47.9 Å². The van der Waals surface area contributed by atoms with Gasteiger partial charge in [-0.15, -0.1) is 0 Å². The minimum atomic E-state index is -0.265. The van der Waals surface area contributed by atoms with Gasteiger partial charge in [0.05, 0.1) is 26.0 Å². The van der Waals surface area contributed by atoms with E-state index >= 15 is 0 Å². The van der Waals surface area contributed by atoms with Crippen LogP contribution in [0.1, 0.15) is 12.0 Å². The van der Waals surface area contributed by atoms with Crippen LogP contribution < -0.4 is 5.32 Å². The summed E-state index contributed by atoms with van der Waals surface area (Å²) in [7, 11) is 0. The Hall–Kier alpha value is -2.45. The molecule has 1 atom stereocenters. The van der Waals surface area contributed by atoms with Crippen molar-refractivity contribution in [2.45, 2.75) is 13.0 Å². The first-order chi connectivity index (χ1) is 13.7. The maximum Gasteiger partial charge on any atom is 0.323 e. The van der Waals surface area contributed by atoms with E-state index in [2.05, 4.69) is 15.3 Å². The number of ether oxygens (including phenoxy) is 1. The van der Waals surface area contributed by atoms with Gasteiger partial charge in [0.15, 0.2) is 0 Å². The fourth-order valence-corrected chi connectivity index (χ4v) is 3.83. The molecule has 4 rings (SSSR count). The molecule has 1 aromatic heterocycles. The number of likely N-dealkylation sites (tertiary alicyclic amines) is 1. The number of carbonyl (C=O) groups excluding carboxylic acids is 1. The molecule has 28 heavy (non-hydrogen) atoms. The molecule has 1 aromatic carbocycles. The van der Waals surface area contributed by atoms with Gasteiger partial charge in [0.2, 0.25) is 0 Å². The molecular weight excluding hydrogens is 361 g/mol. The zero-order chi connectivity index (χ0) is 19.3. The Bertz CT molecular complexity index is 788. The highest BCUT2D eigenvalue weighted by atomic mass is 19.1. The van der Waals surface area contributed by atoms with Crippen LogP contribution >= 0.6 is 0 Å². The summed E-state index contributed by atoms with van der Waals surface area (Å²) in [4.78, 5) is 17.0. The topological polar surface area (TPSA) is 62.6 Å². The molecule has 0 aliphatic carbocycles. The number of hydrogen-bond donors (Lipinski definition) is 1. The lowest BCUT2D eigenvalue weighted by atomic mass is 10.1. The largest absolute Gasteiger partial charge is 0.379 e. The van der Waals surface area contributed by atoms with Gasteiger partial charge in [-0.05, 0) is 30.0 Å². The van der Waals surface area contributed by atoms with Crippen molar-refractivity contribution in [1.29, 1.82) is 0 Å². The van der Waals surface area contributed by atoms with Crippen LogP contribution in [-0.2, 0) is 11.3 Å². The minimum absolute atomic E-state index is 0.0923. The smallest absolute Gasteiger partial charge is 0.323 e. The number of urea groups is 1. The van der Waals surface area contributed by atoms with Gasteiger partial charge in [-0.25, -0.2) is 13.9 Å². The molecule has 0 bridgehead atoms. The Kier molecular flexibility index (Phi) is 5.87. The van der Waals surface area contributed by atoms with E-state index in [0.717, 1.165) is 57.9 Å². The number of anilines is 1. The monoisotopic (exact) mass is 387 g/mol. The fraction of sp³-hybridized carbons (Fsp3) is 0.500. The van der Waals surface area contributed by atoms with E-state index in [9.17, 15) is 9.18 Å². The highest BCUT2D eigenvalue weighted by Gasteiger charge is 2.28. The SMILES string of the molecule is O=C(Nc1ccnn1Cc1ccc(F)cc1)N1CCC(CN2CCOCC2)C1. The van der Waals surface area contributed by atoms with Gasteiger partial charge in [-0.2, -0.15) is 5.10 Å². The zero-order valence-electron chi connectivity index (χ0n) is 15.9. The van der Waals surface area contributed by atoms with Crippen LogP contribution in [0.25, 0.3) is 0 Å². The van der Waals surface area contributed by atoms with Crippen LogP contribution in [0, 0.1) is 11.7 Å². The molecule has 3 heterocycles. The summed E-state index contributed by atoms with van der Waals surface area (Å²) < 4.78 is 20.2. The van der Waals surface area contributed by atoms with Gasteiger partial charge < -0.3 is 9.64 Å². The predicted molar refractivity (Wildman–Crippen MR) is 104 cm³/mol. The molecule has 0 saturated carbocycles. The quantitative estimate of drug-likeness (QED) is 0.855. The Labute approximate surface area is 164 Å². The molecule has 0 spiro atoms. The molecule has 2 fully saturated rings. The van der Waals surface area contributed by atoms with Crippen LogP contribution in [0.4, 0.5) is 15.0 Å². The third kappa shape index (κ3) is 4.69. The standard InChI is InChI=1S/C20H26FN5O2/c21-18-3-1-16(2-4-18)15-26-19(5-7-22-26)23-20(27)25-8-6-17(14-25)13-24-9-11-28-12-10-24/h1-5,7,17H,6,8-15H2,(H,23,27). The number of halogens is 1. The number of carbonyl (C=O) groups is 1. The van der Waals surface area contributed by atoms with Crippen molar-refractivity contribution in [3.8, 4) is 0 Å². The summed E-state index contributed by atoms with van der Waals surface area (Å²) in [6.07, 6.45) is 2.68. The molecule has 0 radical (unpaired) electrons. The first-order valence-electron chi connectivity index (χ1n) is 9.79. The maximum atomic E-state index is 13.1. The molecule has 8 heteroatoms. The predicted octanol–water partition coefficient (Wildman–Crippen LogP) is 2.26. The van der Waals surface area contributed by atoms with Crippen molar-refractivity contribution in [2.75, 3.05) is 51.3 Å². The first kappa shape index (κ1) is 18.9. The number of aromatic nitrogens is 2. The number of hydrogen-bond acceptors (Lipinski definition) is 4. The van der Waals surface area contributed by atoms with E-state index in [1.165, 1.54) is 12.1 Å². The normalized spacial score (nSPS) is 20.5. The summed E-state index contributed by atoms with van der Waals surface area (Å²) in [6.45, 7) is 6.60. The Morgan fingerprint density at radius 1 is 1.18 bits per heavy atom. The van der Waals surface area contributed by atoms with E-state index in [-0.39, 0.29) is 11.8 Å². The van der Waals surface area contributed by atoms with Gasteiger partial charge in [0, 0.05) is 38.8 Å². The molecule has 2 aromatic rings. The van der Waals surface area contributed by atoms with Gasteiger partial charge in [0.1, 0.15) is 11.6 Å². The summed E-state index contributed by atoms with van der Waals surface area (Å²) >= 11 is 0. The van der Waals surface area contributed by atoms with Gasteiger partial charge in [0.25, 0.3) is 0 Å². The van der Waals surface area contributed by atoms with Gasteiger partial charge >= 0.3 is 6.03 Å². The molecule has 7 nitrogen and oxygen atoms in total. The van der Waals surface area contributed by atoms with Crippen molar-refractivity contribution in [1.82, 2.24) is 19.6 Å². The second-order valence-electron chi connectivity index (χ2n) is 7.44. The van der Waals surface area contributed by atoms with E-state index in [1.54, 1.807) is 29.1 Å². The first-order valence-corrected chi connectivity index (χ1v) is 9.79. The van der Waals surface area contributed by atoms with E-state index < -0.39 is 0 Å². The molecule has 150 valence electrons. The van der Waals surface area contributed by atoms with Crippen molar-refractivity contribution >= 4 is 11.8 Å². The third-order valence-electron chi connectivity index (χ3n) is 5.39. The van der Waals surface area contributed by atoms with Crippen LogP contribution in [0.2, 0.25) is 0 Å². The number of rotatable bonds is 5. The lowest BCUT2D eigenvalue weighted by Crippen LogP contribution is -2.40. The summed E-state index contributed by atoms with van der Waals surface area (Å²) in [5, 5.41) is 7.25. The molecule has 2 aliphatic rings. The number of nitrogens with one attached hydrogen (secondary N) is 1. The molecule has 2 saturated heterocycles. The molecule has 2 aliphatic heterocycles.